The summed E-state index contributed by atoms with van der Waals surface area (Å²) in [7, 11) is 0. The number of benzene rings is 1. The summed E-state index contributed by atoms with van der Waals surface area (Å²) in [5.41, 5.74) is 0.188. The maximum atomic E-state index is 12.5. The Morgan fingerprint density at radius 1 is 1.12 bits per heavy atom. The molecule has 0 aliphatic heterocycles. The molecular weight excluding hydrogens is 334 g/mol. The number of amides is 1. The van der Waals surface area contributed by atoms with Gasteiger partial charge in [-0.2, -0.15) is 0 Å². The Hall–Kier alpha value is -2.37. The fraction of sp³-hybridized carbons (Fsp3) is 0.550. The van der Waals surface area contributed by atoms with E-state index in [0.717, 1.165) is 5.56 Å². The second-order valence-corrected chi connectivity index (χ2v) is 7.30. The van der Waals surface area contributed by atoms with Crippen LogP contribution in [0, 0.1) is 5.92 Å². The van der Waals surface area contributed by atoms with Gasteiger partial charge >= 0.3 is 12.1 Å². The third-order valence-electron chi connectivity index (χ3n) is 3.78. The number of Topliss-reactive ketones (excluding diaryl/α,β-unsaturated/α-hetero) is 1. The van der Waals surface area contributed by atoms with Gasteiger partial charge in [-0.1, -0.05) is 50.6 Å². The van der Waals surface area contributed by atoms with Crippen molar-refractivity contribution in [2.45, 2.75) is 65.7 Å². The van der Waals surface area contributed by atoms with Crippen LogP contribution in [0.15, 0.2) is 30.3 Å². The molecule has 1 rings (SSSR count). The van der Waals surface area contributed by atoms with E-state index in [1.165, 1.54) is 0 Å². The summed E-state index contributed by atoms with van der Waals surface area (Å²) < 4.78 is 10.3. The number of hydrogen-bond acceptors (Lipinski definition) is 5. The molecule has 0 heterocycles. The molecule has 0 saturated heterocycles. The lowest BCUT2D eigenvalue weighted by Gasteiger charge is -2.24. The van der Waals surface area contributed by atoms with E-state index in [9.17, 15) is 14.4 Å². The van der Waals surface area contributed by atoms with Crippen LogP contribution in [0.1, 0.15) is 53.0 Å². The number of rotatable bonds is 8. The minimum Gasteiger partial charge on any atom is -0.460 e. The highest BCUT2D eigenvalue weighted by atomic mass is 16.6. The molecule has 0 aromatic heterocycles. The summed E-state index contributed by atoms with van der Waals surface area (Å²) in [6.07, 6.45) is -0.397. The zero-order valence-corrected chi connectivity index (χ0v) is 16.2. The third-order valence-corrected chi connectivity index (χ3v) is 3.78. The number of ether oxygens (including phenoxy) is 2. The molecule has 0 radical (unpaired) electrons. The lowest BCUT2D eigenvalue weighted by Crippen LogP contribution is -2.46. The normalized spacial score (nSPS) is 13.4. The first-order valence-electron chi connectivity index (χ1n) is 8.84. The van der Waals surface area contributed by atoms with E-state index in [4.69, 9.17) is 9.47 Å². The Kier molecular flexibility index (Phi) is 8.29. The molecule has 0 aliphatic carbocycles. The maximum Gasteiger partial charge on any atom is 0.408 e. The Balaban J connectivity index is 2.63. The van der Waals surface area contributed by atoms with Crippen molar-refractivity contribution in [3.8, 4) is 0 Å². The van der Waals surface area contributed by atoms with Crippen molar-refractivity contribution in [3.05, 3.63) is 35.9 Å². The largest absolute Gasteiger partial charge is 0.460 e. The highest BCUT2D eigenvalue weighted by molar-refractivity contribution is 5.99. The standard InChI is InChI=1S/C20H29NO5/c1-6-14(2)18(16(22)12-17(23)26-20(3,4)5)21-19(24)25-13-15-10-8-7-9-11-15/h7-11,14,18H,6,12-13H2,1-5H3,(H,21,24)/t14-,18-/m0/s1. The van der Waals surface area contributed by atoms with Crippen molar-refractivity contribution in [1.29, 1.82) is 0 Å². The zero-order valence-electron chi connectivity index (χ0n) is 16.2. The van der Waals surface area contributed by atoms with Crippen molar-refractivity contribution in [2.75, 3.05) is 0 Å². The maximum absolute atomic E-state index is 12.5. The average molecular weight is 363 g/mol. The zero-order chi connectivity index (χ0) is 19.7. The summed E-state index contributed by atoms with van der Waals surface area (Å²) >= 11 is 0. The molecular formula is C20H29NO5. The van der Waals surface area contributed by atoms with E-state index in [1.54, 1.807) is 20.8 Å². The lowest BCUT2D eigenvalue weighted by molar-refractivity contribution is -0.156. The van der Waals surface area contributed by atoms with Crippen LogP contribution in [0.3, 0.4) is 0 Å². The van der Waals surface area contributed by atoms with E-state index in [-0.39, 0.29) is 24.7 Å². The van der Waals surface area contributed by atoms with E-state index in [2.05, 4.69) is 5.32 Å². The van der Waals surface area contributed by atoms with E-state index in [1.807, 2.05) is 44.2 Å². The van der Waals surface area contributed by atoms with Crippen molar-refractivity contribution < 1.29 is 23.9 Å². The molecule has 1 N–H and O–H groups in total. The van der Waals surface area contributed by atoms with E-state index < -0.39 is 23.7 Å². The number of carbonyl (C=O) groups excluding carboxylic acids is 3. The van der Waals surface area contributed by atoms with Crippen molar-refractivity contribution >= 4 is 17.8 Å². The molecule has 0 fully saturated rings. The van der Waals surface area contributed by atoms with Gasteiger partial charge in [-0.15, -0.1) is 0 Å². The number of nitrogens with one attached hydrogen (secondary N) is 1. The Bertz CT molecular complexity index is 606. The molecule has 0 saturated carbocycles. The van der Waals surface area contributed by atoms with Crippen LogP contribution in [0.5, 0.6) is 0 Å². The first kappa shape index (κ1) is 21.7. The van der Waals surface area contributed by atoms with Crippen molar-refractivity contribution in [1.82, 2.24) is 5.32 Å². The molecule has 2 atom stereocenters. The smallest absolute Gasteiger partial charge is 0.408 e. The van der Waals surface area contributed by atoms with Gasteiger partial charge < -0.3 is 14.8 Å². The number of esters is 1. The molecule has 1 aromatic rings. The van der Waals surface area contributed by atoms with Crippen LogP contribution >= 0.6 is 0 Å². The summed E-state index contributed by atoms with van der Waals surface area (Å²) in [6, 6.07) is 8.46. The minimum absolute atomic E-state index is 0.111. The highest BCUT2D eigenvalue weighted by Crippen LogP contribution is 2.14. The Morgan fingerprint density at radius 3 is 2.27 bits per heavy atom. The number of ketones is 1. The van der Waals surface area contributed by atoms with Crippen LogP contribution in [0.4, 0.5) is 4.79 Å². The molecule has 0 spiro atoms. The number of alkyl carbamates (subject to hydrolysis) is 1. The first-order valence-corrected chi connectivity index (χ1v) is 8.84. The van der Waals surface area contributed by atoms with Crippen LogP contribution in [0.2, 0.25) is 0 Å². The molecule has 6 nitrogen and oxygen atoms in total. The molecule has 144 valence electrons. The van der Waals surface area contributed by atoms with Crippen molar-refractivity contribution in [3.63, 3.8) is 0 Å². The first-order chi connectivity index (χ1) is 12.1. The van der Waals surface area contributed by atoms with Gasteiger partial charge in [-0.3, -0.25) is 9.59 Å². The van der Waals surface area contributed by atoms with E-state index >= 15 is 0 Å². The minimum atomic E-state index is -0.796. The summed E-state index contributed by atoms with van der Waals surface area (Å²) in [5.74, 6) is -1.12. The van der Waals surface area contributed by atoms with Gasteiger partial charge in [0, 0.05) is 0 Å². The Morgan fingerprint density at radius 2 is 1.73 bits per heavy atom. The molecule has 6 heteroatoms. The van der Waals surface area contributed by atoms with Crippen LogP contribution < -0.4 is 5.32 Å². The summed E-state index contributed by atoms with van der Waals surface area (Å²) in [6.45, 7) is 9.08. The predicted octanol–water partition coefficient (Wildman–Crippen LogP) is 3.63. The van der Waals surface area contributed by atoms with Gasteiger partial charge in [0.15, 0.2) is 5.78 Å². The summed E-state index contributed by atoms with van der Waals surface area (Å²) in [5, 5.41) is 2.59. The van der Waals surface area contributed by atoms with Crippen LogP contribution in [0.25, 0.3) is 0 Å². The number of hydrogen-bond donors (Lipinski definition) is 1. The van der Waals surface area contributed by atoms with Gasteiger partial charge in [0.2, 0.25) is 0 Å². The fourth-order valence-electron chi connectivity index (χ4n) is 2.30. The summed E-state index contributed by atoms with van der Waals surface area (Å²) in [4.78, 5) is 36.4. The molecule has 1 amide bonds. The van der Waals surface area contributed by atoms with Gasteiger partial charge in [-0.25, -0.2) is 4.79 Å². The van der Waals surface area contributed by atoms with Gasteiger partial charge in [0.1, 0.15) is 18.6 Å². The average Bonchev–Trinajstić information content (AvgIpc) is 2.56. The monoisotopic (exact) mass is 363 g/mol. The SMILES string of the molecule is CC[C@H](C)[C@H](NC(=O)OCc1ccccc1)C(=O)CC(=O)OC(C)(C)C. The predicted molar refractivity (Wildman–Crippen MR) is 98.5 cm³/mol. The molecule has 26 heavy (non-hydrogen) atoms. The topological polar surface area (TPSA) is 81.7 Å². The van der Waals surface area contributed by atoms with Crippen LogP contribution in [-0.2, 0) is 25.7 Å². The lowest BCUT2D eigenvalue weighted by atomic mass is 9.94. The second kappa shape index (κ2) is 9.94. The highest BCUT2D eigenvalue weighted by Gasteiger charge is 2.29. The molecule has 1 aromatic carbocycles. The molecule has 0 unspecified atom stereocenters. The van der Waals surface area contributed by atoms with Gasteiger partial charge in [-0.05, 0) is 32.3 Å². The van der Waals surface area contributed by atoms with Gasteiger partial charge in [0.25, 0.3) is 0 Å². The fourth-order valence-corrected chi connectivity index (χ4v) is 2.30. The Labute approximate surface area is 155 Å². The van der Waals surface area contributed by atoms with Crippen LogP contribution in [-0.4, -0.2) is 29.5 Å². The molecule has 0 aliphatic rings. The number of carbonyl (C=O) groups is 3. The van der Waals surface area contributed by atoms with E-state index in [0.29, 0.717) is 6.42 Å². The van der Waals surface area contributed by atoms with Gasteiger partial charge in [0.05, 0.1) is 6.04 Å². The molecule has 0 bridgehead atoms. The quantitative estimate of drug-likeness (QED) is 0.563. The second-order valence-electron chi connectivity index (χ2n) is 7.30. The third kappa shape index (κ3) is 8.14. The van der Waals surface area contributed by atoms with Crippen molar-refractivity contribution in [2.24, 2.45) is 5.92 Å².